The molecule has 2 aromatic rings. The van der Waals surface area contributed by atoms with E-state index in [1.165, 1.54) is 18.9 Å². The monoisotopic (exact) mass is 348 g/mol. The van der Waals surface area contributed by atoms with E-state index in [2.05, 4.69) is 10.5 Å². The second-order valence-corrected chi connectivity index (χ2v) is 5.61. The SMILES string of the molecule is CCn1c(=NOC)oc2cc(N3CC(CNC(C)=O)OC3=O)ccc21. The van der Waals surface area contributed by atoms with E-state index in [0.29, 0.717) is 30.0 Å². The van der Waals surface area contributed by atoms with Gasteiger partial charge in [0, 0.05) is 19.5 Å². The first-order chi connectivity index (χ1) is 12.0. The number of nitrogens with one attached hydrogen (secondary N) is 1. The number of aryl methyl sites for hydroxylation is 1. The van der Waals surface area contributed by atoms with Crippen molar-refractivity contribution in [1.29, 1.82) is 0 Å². The van der Waals surface area contributed by atoms with Gasteiger partial charge in [0.05, 0.1) is 24.3 Å². The van der Waals surface area contributed by atoms with E-state index in [-0.39, 0.29) is 18.6 Å². The summed E-state index contributed by atoms with van der Waals surface area (Å²) < 4.78 is 12.9. The fourth-order valence-electron chi connectivity index (χ4n) is 2.78. The summed E-state index contributed by atoms with van der Waals surface area (Å²) in [5.41, 5.74) is 2.45. The van der Waals surface area contributed by atoms with Crippen molar-refractivity contribution in [1.82, 2.24) is 9.88 Å². The number of carbonyl (C=O) groups is 2. The Hall–Kier alpha value is -2.97. The number of hydrogen-bond donors (Lipinski definition) is 1. The van der Waals surface area contributed by atoms with Gasteiger partial charge in [0.1, 0.15) is 13.2 Å². The highest BCUT2D eigenvalue weighted by Gasteiger charge is 2.32. The van der Waals surface area contributed by atoms with Crippen molar-refractivity contribution in [2.24, 2.45) is 5.16 Å². The molecule has 1 aromatic carbocycles. The van der Waals surface area contributed by atoms with Gasteiger partial charge >= 0.3 is 11.8 Å². The summed E-state index contributed by atoms with van der Waals surface area (Å²) in [7, 11) is 1.45. The van der Waals surface area contributed by atoms with Crippen LogP contribution in [0.15, 0.2) is 27.8 Å². The van der Waals surface area contributed by atoms with Crippen LogP contribution in [0.4, 0.5) is 10.5 Å². The Bertz CT molecular complexity index is 869. The van der Waals surface area contributed by atoms with E-state index in [0.717, 1.165) is 5.52 Å². The molecule has 1 fully saturated rings. The molecule has 25 heavy (non-hydrogen) atoms. The Morgan fingerprint density at radius 1 is 1.48 bits per heavy atom. The minimum Gasteiger partial charge on any atom is -0.442 e. The van der Waals surface area contributed by atoms with Crippen molar-refractivity contribution < 1.29 is 23.6 Å². The lowest BCUT2D eigenvalue weighted by atomic mass is 10.2. The Kier molecular flexibility index (Phi) is 4.64. The van der Waals surface area contributed by atoms with Gasteiger partial charge in [0.15, 0.2) is 5.58 Å². The van der Waals surface area contributed by atoms with Crippen molar-refractivity contribution >= 4 is 28.8 Å². The summed E-state index contributed by atoms with van der Waals surface area (Å²) in [5.74, 6) is -0.162. The number of hydrogen-bond acceptors (Lipinski definition) is 6. The van der Waals surface area contributed by atoms with E-state index >= 15 is 0 Å². The summed E-state index contributed by atoms with van der Waals surface area (Å²) in [4.78, 5) is 29.4. The molecule has 134 valence electrons. The first-order valence-electron chi connectivity index (χ1n) is 7.96. The van der Waals surface area contributed by atoms with Gasteiger partial charge in [0.25, 0.3) is 0 Å². The smallest absolute Gasteiger partial charge is 0.414 e. The largest absolute Gasteiger partial charge is 0.442 e. The summed E-state index contributed by atoms with van der Waals surface area (Å²) >= 11 is 0. The first-order valence-corrected chi connectivity index (χ1v) is 7.96. The molecular formula is C16H20N4O5. The molecule has 1 unspecified atom stereocenters. The second kappa shape index (κ2) is 6.88. The van der Waals surface area contributed by atoms with E-state index < -0.39 is 6.09 Å². The molecule has 1 saturated heterocycles. The molecule has 9 nitrogen and oxygen atoms in total. The fourth-order valence-corrected chi connectivity index (χ4v) is 2.78. The highest BCUT2D eigenvalue weighted by atomic mass is 16.6. The molecule has 3 rings (SSSR count). The lowest BCUT2D eigenvalue weighted by Gasteiger charge is -2.13. The number of nitrogens with zero attached hydrogens (tertiary/aromatic N) is 3. The standard InChI is InChI=1S/C16H20N4O5/c1-4-19-13-6-5-11(7-14(13)25-15(19)18-23-3)20-9-12(24-16(20)22)8-17-10(2)21/h5-7,12H,4,8-9H2,1-3H3,(H,17,21). The third kappa shape index (κ3) is 3.30. The third-order valence-corrected chi connectivity index (χ3v) is 3.92. The molecule has 0 radical (unpaired) electrons. The number of carbonyl (C=O) groups excluding carboxylic acids is 2. The van der Waals surface area contributed by atoms with Crippen LogP contribution >= 0.6 is 0 Å². The molecular weight excluding hydrogens is 328 g/mol. The predicted molar refractivity (Wildman–Crippen MR) is 88.7 cm³/mol. The van der Waals surface area contributed by atoms with E-state index in [9.17, 15) is 9.59 Å². The molecule has 0 saturated carbocycles. The highest BCUT2D eigenvalue weighted by molar-refractivity contribution is 5.92. The zero-order chi connectivity index (χ0) is 18.0. The zero-order valence-electron chi connectivity index (χ0n) is 14.3. The van der Waals surface area contributed by atoms with Crippen LogP contribution in [0.1, 0.15) is 13.8 Å². The molecule has 0 aliphatic carbocycles. The Labute approximate surface area is 143 Å². The van der Waals surface area contributed by atoms with Gasteiger partial charge in [-0.2, -0.15) is 0 Å². The molecule has 2 heterocycles. The van der Waals surface area contributed by atoms with Crippen LogP contribution in [0.2, 0.25) is 0 Å². The highest BCUT2D eigenvalue weighted by Crippen LogP contribution is 2.25. The van der Waals surface area contributed by atoms with E-state index in [4.69, 9.17) is 14.0 Å². The van der Waals surface area contributed by atoms with Crippen molar-refractivity contribution in [3.8, 4) is 0 Å². The number of aromatic nitrogens is 1. The van der Waals surface area contributed by atoms with Crippen molar-refractivity contribution in [3.05, 3.63) is 23.9 Å². The number of fused-ring (bicyclic) bond motifs is 1. The van der Waals surface area contributed by atoms with Gasteiger partial charge < -0.3 is 19.3 Å². The van der Waals surface area contributed by atoms with E-state index in [1.807, 2.05) is 23.6 Å². The maximum Gasteiger partial charge on any atom is 0.414 e. The minimum atomic E-state index is -0.452. The second-order valence-electron chi connectivity index (χ2n) is 5.61. The molecule has 0 bridgehead atoms. The van der Waals surface area contributed by atoms with Crippen molar-refractivity contribution in [2.75, 3.05) is 25.1 Å². The maximum atomic E-state index is 12.1. The molecule has 1 aliphatic heterocycles. The van der Waals surface area contributed by atoms with Crippen LogP contribution in [0, 0.1) is 0 Å². The van der Waals surface area contributed by atoms with Gasteiger partial charge in [-0.05, 0) is 24.2 Å². The Morgan fingerprint density at radius 3 is 2.96 bits per heavy atom. The van der Waals surface area contributed by atoms with Gasteiger partial charge in [-0.15, -0.1) is 0 Å². The zero-order valence-corrected chi connectivity index (χ0v) is 14.3. The molecule has 2 amide bonds. The minimum absolute atomic E-state index is 0.162. The van der Waals surface area contributed by atoms with Crippen LogP contribution in [0.3, 0.4) is 0 Å². The number of rotatable bonds is 5. The summed E-state index contributed by atoms with van der Waals surface area (Å²) in [6.45, 7) is 4.70. The number of amides is 2. The van der Waals surface area contributed by atoms with Crippen LogP contribution < -0.4 is 15.9 Å². The lowest BCUT2D eigenvalue weighted by Crippen LogP contribution is -2.33. The molecule has 0 spiro atoms. The van der Waals surface area contributed by atoms with Crippen LogP contribution in [-0.4, -0.2) is 42.9 Å². The quantitative estimate of drug-likeness (QED) is 0.818. The third-order valence-electron chi connectivity index (χ3n) is 3.92. The molecule has 9 heteroatoms. The first kappa shape index (κ1) is 16.9. The van der Waals surface area contributed by atoms with Crippen molar-refractivity contribution in [2.45, 2.75) is 26.5 Å². The summed E-state index contributed by atoms with van der Waals surface area (Å²) in [6.07, 6.45) is -0.838. The van der Waals surface area contributed by atoms with Crippen LogP contribution in [0.5, 0.6) is 0 Å². The average molecular weight is 348 g/mol. The molecule has 1 aromatic heterocycles. The number of ether oxygens (including phenoxy) is 1. The van der Waals surface area contributed by atoms with Gasteiger partial charge in [-0.3, -0.25) is 14.3 Å². The molecule has 1 aliphatic rings. The number of cyclic esters (lactones) is 1. The van der Waals surface area contributed by atoms with Gasteiger partial charge in [-0.1, -0.05) is 0 Å². The topological polar surface area (TPSA) is 98.3 Å². The summed E-state index contributed by atoms with van der Waals surface area (Å²) in [6, 6.07) is 5.45. The van der Waals surface area contributed by atoms with Gasteiger partial charge in [0.2, 0.25) is 5.91 Å². The summed E-state index contributed by atoms with van der Waals surface area (Å²) in [5, 5.41) is 6.51. The van der Waals surface area contributed by atoms with Crippen LogP contribution in [-0.2, 0) is 20.9 Å². The Morgan fingerprint density at radius 2 is 2.28 bits per heavy atom. The van der Waals surface area contributed by atoms with Gasteiger partial charge in [-0.25, -0.2) is 4.79 Å². The average Bonchev–Trinajstić information content (AvgIpc) is 3.12. The van der Waals surface area contributed by atoms with Crippen molar-refractivity contribution in [3.63, 3.8) is 0 Å². The number of benzene rings is 1. The maximum absolute atomic E-state index is 12.1. The molecule has 1 N–H and O–H groups in total. The number of oxazole rings is 1. The van der Waals surface area contributed by atoms with Crippen LogP contribution in [0.25, 0.3) is 11.1 Å². The van der Waals surface area contributed by atoms with E-state index in [1.54, 1.807) is 6.07 Å². The number of anilines is 1. The molecule has 1 atom stereocenters. The normalized spacial score (nSPS) is 17.9. The Balaban J connectivity index is 1.88. The fraction of sp³-hybridized carbons (Fsp3) is 0.438. The predicted octanol–water partition coefficient (Wildman–Crippen LogP) is 1.18. The lowest BCUT2D eigenvalue weighted by molar-refractivity contribution is -0.119.